The minimum Gasteiger partial charge on any atom is -0.451 e. The smallest absolute Gasteiger partial charge is 0.357 e. The summed E-state index contributed by atoms with van der Waals surface area (Å²) in [7, 11) is 0. The van der Waals surface area contributed by atoms with Crippen LogP contribution in [-0.2, 0) is 16.0 Å². The SMILES string of the molecule is CCc1ccc(NC(=O)COC(=O)c2ccc3ccccc3n2)cc1. The molecule has 0 aliphatic rings. The van der Waals surface area contributed by atoms with E-state index < -0.39 is 11.9 Å². The van der Waals surface area contributed by atoms with Gasteiger partial charge in [0.25, 0.3) is 5.91 Å². The molecule has 1 heterocycles. The number of benzene rings is 2. The number of aromatic nitrogens is 1. The number of fused-ring (bicyclic) bond motifs is 1. The first-order valence-electron chi connectivity index (χ1n) is 8.07. The molecule has 1 N–H and O–H groups in total. The number of carbonyl (C=O) groups is 2. The summed E-state index contributed by atoms with van der Waals surface area (Å²) in [5, 5.41) is 3.63. The van der Waals surface area contributed by atoms with E-state index in [-0.39, 0.29) is 12.3 Å². The van der Waals surface area contributed by atoms with Crippen LogP contribution < -0.4 is 5.32 Å². The fourth-order valence-corrected chi connectivity index (χ4v) is 2.41. The van der Waals surface area contributed by atoms with Crippen molar-refractivity contribution in [2.45, 2.75) is 13.3 Å². The molecule has 0 unspecified atom stereocenters. The number of hydrogen-bond donors (Lipinski definition) is 1. The van der Waals surface area contributed by atoms with E-state index in [9.17, 15) is 9.59 Å². The lowest BCUT2D eigenvalue weighted by Gasteiger charge is -2.07. The van der Waals surface area contributed by atoms with Gasteiger partial charge in [0.15, 0.2) is 6.61 Å². The zero-order valence-electron chi connectivity index (χ0n) is 13.9. The fraction of sp³-hybridized carbons (Fsp3) is 0.150. The van der Waals surface area contributed by atoms with Crippen LogP contribution in [0.5, 0.6) is 0 Å². The van der Waals surface area contributed by atoms with Gasteiger partial charge in [0.1, 0.15) is 5.69 Å². The molecule has 0 fully saturated rings. The average Bonchev–Trinajstić information content (AvgIpc) is 2.66. The fourth-order valence-electron chi connectivity index (χ4n) is 2.41. The number of hydrogen-bond acceptors (Lipinski definition) is 4. The minimum absolute atomic E-state index is 0.179. The van der Waals surface area contributed by atoms with Crippen molar-refractivity contribution in [2.75, 3.05) is 11.9 Å². The molecule has 2 aromatic carbocycles. The third kappa shape index (κ3) is 4.20. The molecule has 0 aliphatic heterocycles. The van der Waals surface area contributed by atoms with Gasteiger partial charge < -0.3 is 10.1 Å². The van der Waals surface area contributed by atoms with Crippen LogP contribution in [0.2, 0.25) is 0 Å². The standard InChI is InChI=1S/C20H18N2O3/c1-2-14-7-10-16(11-8-14)21-19(23)13-25-20(24)18-12-9-15-5-3-4-6-17(15)22-18/h3-12H,2,13H2,1H3,(H,21,23). The average molecular weight is 334 g/mol. The van der Waals surface area contributed by atoms with E-state index in [0.29, 0.717) is 11.2 Å². The molecule has 1 aromatic heterocycles. The largest absolute Gasteiger partial charge is 0.451 e. The third-order valence-corrected chi connectivity index (χ3v) is 3.79. The van der Waals surface area contributed by atoms with Gasteiger partial charge in [-0.2, -0.15) is 0 Å². The number of nitrogens with zero attached hydrogens (tertiary/aromatic N) is 1. The molecule has 5 nitrogen and oxygen atoms in total. The third-order valence-electron chi connectivity index (χ3n) is 3.79. The second-order valence-electron chi connectivity index (χ2n) is 5.56. The number of nitrogens with one attached hydrogen (secondary N) is 1. The summed E-state index contributed by atoms with van der Waals surface area (Å²) in [6, 6.07) is 18.4. The maximum atomic E-state index is 12.1. The van der Waals surface area contributed by atoms with E-state index in [1.807, 2.05) is 48.5 Å². The Morgan fingerprint density at radius 3 is 2.52 bits per heavy atom. The lowest BCUT2D eigenvalue weighted by atomic mass is 10.1. The Bertz CT molecular complexity index is 904. The number of aryl methyl sites for hydroxylation is 1. The number of ether oxygens (including phenoxy) is 1. The van der Waals surface area contributed by atoms with Crippen LogP contribution in [0.1, 0.15) is 23.0 Å². The van der Waals surface area contributed by atoms with Crippen molar-refractivity contribution in [1.82, 2.24) is 4.98 Å². The van der Waals surface area contributed by atoms with Gasteiger partial charge in [-0.05, 0) is 36.2 Å². The molecule has 0 atom stereocenters. The summed E-state index contributed by atoms with van der Waals surface area (Å²) in [6.07, 6.45) is 0.935. The Hall–Kier alpha value is -3.21. The van der Waals surface area contributed by atoms with Crippen LogP contribution in [-0.4, -0.2) is 23.5 Å². The number of para-hydroxylation sites is 1. The van der Waals surface area contributed by atoms with Gasteiger partial charge in [-0.15, -0.1) is 0 Å². The van der Waals surface area contributed by atoms with E-state index in [1.165, 1.54) is 5.56 Å². The van der Waals surface area contributed by atoms with Gasteiger partial charge in [-0.25, -0.2) is 9.78 Å². The summed E-state index contributed by atoms with van der Waals surface area (Å²) in [4.78, 5) is 28.2. The predicted octanol–water partition coefficient (Wildman–Crippen LogP) is 3.59. The number of pyridine rings is 1. The number of rotatable bonds is 5. The van der Waals surface area contributed by atoms with Gasteiger partial charge >= 0.3 is 5.97 Å². The molecule has 126 valence electrons. The van der Waals surface area contributed by atoms with Crippen molar-refractivity contribution < 1.29 is 14.3 Å². The lowest BCUT2D eigenvalue weighted by Crippen LogP contribution is -2.21. The molecule has 0 saturated heterocycles. The summed E-state index contributed by atoms with van der Waals surface area (Å²) in [6.45, 7) is 1.71. The van der Waals surface area contributed by atoms with Crippen molar-refractivity contribution in [3.05, 3.63) is 71.9 Å². The van der Waals surface area contributed by atoms with E-state index in [1.54, 1.807) is 12.1 Å². The summed E-state index contributed by atoms with van der Waals surface area (Å²) in [5.41, 5.74) is 2.74. The van der Waals surface area contributed by atoms with Crippen LogP contribution in [0.15, 0.2) is 60.7 Å². The van der Waals surface area contributed by atoms with Crippen LogP contribution in [0.4, 0.5) is 5.69 Å². The Morgan fingerprint density at radius 2 is 1.76 bits per heavy atom. The maximum Gasteiger partial charge on any atom is 0.357 e. The minimum atomic E-state index is -0.623. The molecule has 0 aliphatic carbocycles. The predicted molar refractivity (Wildman–Crippen MR) is 96.5 cm³/mol. The van der Waals surface area contributed by atoms with Gasteiger partial charge in [0.2, 0.25) is 0 Å². The molecule has 0 spiro atoms. The van der Waals surface area contributed by atoms with Crippen LogP contribution >= 0.6 is 0 Å². The van der Waals surface area contributed by atoms with Crippen molar-refractivity contribution >= 4 is 28.5 Å². The second-order valence-corrected chi connectivity index (χ2v) is 5.56. The topological polar surface area (TPSA) is 68.3 Å². The molecule has 0 radical (unpaired) electrons. The molecular formula is C20H18N2O3. The van der Waals surface area contributed by atoms with Crippen molar-refractivity contribution in [1.29, 1.82) is 0 Å². The zero-order chi connectivity index (χ0) is 17.6. The first kappa shape index (κ1) is 16.6. The van der Waals surface area contributed by atoms with E-state index >= 15 is 0 Å². The Morgan fingerprint density at radius 1 is 1.00 bits per heavy atom. The molecule has 1 amide bonds. The van der Waals surface area contributed by atoms with Crippen LogP contribution in [0, 0.1) is 0 Å². The van der Waals surface area contributed by atoms with E-state index in [0.717, 1.165) is 11.8 Å². The second kappa shape index (κ2) is 7.57. The lowest BCUT2D eigenvalue weighted by molar-refractivity contribution is -0.119. The Kier molecular flexibility index (Phi) is 5.04. The summed E-state index contributed by atoms with van der Waals surface area (Å²) >= 11 is 0. The molecule has 0 saturated carbocycles. The highest BCUT2D eigenvalue weighted by molar-refractivity contribution is 5.95. The van der Waals surface area contributed by atoms with Crippen molar-refractivity contribution in [3.63, 3.8) is 0 Å². The van der Waals surface area contributed by atoms with Crippen molar-refractivity contribution in [2.24, 2.45) is 0 Å². The highest BCUT2D eigenvalue weighted by atomic mass is 16.5. The number of carbonyl (C=O) groups excluding carboxylic acids is 2. The van der Waals surface area contributed by atoms with Gasteiger partial charge in [-0.3, -0.25) is 4.79 Å². The molecule has 3 aromatic rings. The molecular weight excluding hydrogens is 316 g/mol. The Labute approximate surface area is 145 Å². The number of amides is 1. The van der Waals surface area contributed by atoms with Crippen molar-refractivity contribution in [3.8, 4) is 0 Å². The number of anilines is 1. The van der Waals surface area contributed by atoms with Crippen LogP contribution in [0.3, 0.4) is 0 Å². The molecule has 25 heavy (non-hydrogen) atoms. The molecule has 0 bridgehead atoms. The first-order chi connectivity index (χ1) is 12.2. The highest BCUT2D eigenvalue weighted by Gasteiger charge is 2.12. The van der Waals surface area contributed by atoms with Gasteiger partial charge in [0.05, 0.1) is 5.52 Å². The molecule has 5 heteroatoms. The quantitative estimate of drug-likeness (QED) is 0.724. The van der Waals surface area contributed by atoms with E-state index in [4.69, 9.17) is 4.74 Å². The molecule has 3 rings (SSSR count). The monoisotopic (exact) mass is 334 g/mol. The van der Waals surface area contributed by atoms with Crippen LogP contribution in [0.25, 0.3) is 10.9 Å². The Balaban J connectivity index is 1.57. The normalized spacial score (nSPS) is 10.4. The van der Waals surface area contributed by atoms with Gasteiger partial charge in [0, 0.05) is 11.1 Å². The summed E-state index contributed by atoms with van der Waals surface area (Å²) < 4.78 is 5.04. The maximum absolute atomic E-state index is 12.1. The number of esters is 1. The van der Waals surface area contributed by atoms with Gasteiger partial charge in [-0.1, -0.05) is 43.3 Å². The first-order valence-corrected chi connectivity index (χ1v) is 8.07. The highest BCUT2D eigenvalue weighted by Crippen LogP contribution is 2.13. The van der Waals surface area contributed by atoms with E-state index in [2.05, 4.69) is 17.2 Å². The zero-order valence-corrected chi connectivity index (χ0v) is 13.9. The summed E-state index contributed by atoms with van der Waals surface area (Å²) in [5.74, 6) is -1.01.